The second-order valence-electron chi connectivity index (χ2n) is 6.16. The number of nitrogens with zero attached hydrogens (tertiary/aromatic N) is 4. The molecular formula is C19H22N4O. The number of methoxy groups -OCH3 is 1. The van der Waals surface area contributed by atoms with Gasteiger partial charge in [-0.05, 0) is 36.6 Å². The maximum absolute atomic E-state index is 5.56. The maximum Gasteiger partial charge on any atom is 0.143 e. The zero-order chi connectivity index (χ0) is 17.1. The molecule has 2 aromatic heterocycles. The van der Waals surface area contributed by atoms with Crippen molar-refractivity contribution in [1.82, 2.24) is 19.5 Å². The molecule has 0 atom stereocenters. The molecule has 1 aromatic carbocycles. The van der Waals surface area contributed by atoms with Crippen LogP contribution in [0.2, 0.25) is 0 Å². The molecule has 3 rings (SSSR count). The lowest BCUT2D eigenvalue weighted by molar-refractivity contribution is 0.412. The number of hydrogen-bond donors (Lipinski definition) is 0. The summed E-state index contributed by atoms with van der Waals surface area (Å²) in [7, 11) is 1.68. The largest absolute Gasteiger partial charge is 0.495 e. The lowest BCUT2D eigenvalue weighted by Gasteiger charge is -2.11. The van der Waals surface area contributed by atoms with E-state index in [1.807, 2.05) is 42.1 Å². The Morgan fingerprint density at radius 3 is 2.67 bits per heavy atom. The summed E-state index contributed by atoms with van der Waals surface area (Å²) >= 11 is 0. The number of benzene rings is 1. The van der Waals surface area contributed by atoms with Crippen molar-refractivity contribution in [2.45, 2.75) is 33.1 Å². The van der Waals surface area contributed by atoms with Gasteiger partial charge in [0.15, 0.2) is 0 Å². The van der Waals surface area contributed by atoms with Crippen molar-refractivity contribution in [1.29, 1.82) is 0 Å². The fourth-order valence-corrected chi connectivity index (χ4v) is 2.60. The van der Waals surface area contributed by atoms with Crippen LogP contribution in [0, 0.1) is 6.92 Å². The van der Waals surface area contributed by atoms with Crippen molar-refractivity contribution >= 4 is 0 Å². The third-order valence-corrected chi connectivity index (χ3v) is 3.91. The summed E-state index contributed by atoms with van der Waals surface area (Å²) in [5.74, 6) is 2.03. The van der Waals surface area contributed by atoms with Gasteiger partial charge in [-0.1, -0.05) is 19.9 Å². The molecule has 0 saturated heterocycles. The summed E-state index contributed by atoms with van der Waals surface area (Å²) in [6, 6.07) is 8.13. The van der Waals surface area contributed by atoms with E-state index in [9.17, 15) is 0 Å². The number of hydrogen-bond acceptors (Lipinski definition) is 4. The van der Waals surface area contributed by atoms with Gasteiger partial charge in [0, 0.05) is 24.5 Å². The Bertz CT molecular complexity index is 839. The molecule has 5 nitrogen and oxygen atoms in total. The molecule has 0 spiro atoms. The second-order valence-corrected chi connectivity index (χ2v) is 6.16. The Morgan fingerprint density at radius 1 is 1.17 bits per heavy atom. The average molecular weight is 322 g/mol. The van der Waals surface area contributed by atoms with Crippen LogP contribution < -0.4 is 4.74 Å². The molecule has 0 bridgehead atoms. The Labute approximate surface area is 142 Å². The van der Waals surface area contributed by atoms with Gasteiger partial charge in [-0.3, -0.25) is 0 Å². The summed E-state index contributed by atoms with van der Waals surface area (Å²) in [5.41, 5.74) is 4.13. The Kier molecular flexibility index (Phi) is 4.60. The quantitative estimate of drug-likeness (QED) is 0.719. The Hall–Kier alpha value is -2.69. The zero-order valence-corrected chi connectivity index (χ0v) is 14.5. The van der Waals surface area contributed by atoms with Crippen molar-refractivity contribution in [2.75, 3.05) is 7.11 Å². The van der Waals surface area contributed by atoms with Gasteiger partial charge in [0.1, 0.15) is 11.6 Å². The number of rotatable bonds is 5. The zero-order valence-electron chi connectivity index (χ0n) is 14.5. The van der Waals surface area contributed by atoms with E-state index in [0.717, 1.165) is 34.2 Å². The molecule has 0 amide bonds. The molecule has 3 aromatic rings. The minimum Gasteiger partial charge on any atom is -0.495 e. The fourth-order valence-electron chi connectivity index (χ4n) is 2.60. The first-order valence-corrected chi connectivity index (χ1v) is 8.06. The van der Waals surface area contributed by atoms with Crippen LogP contribution in [0.3, 0.4) is 0 Å². The highest BCUT2D eigenvalue weighted by Gasteiger charge is 2.09. The predicted octanol–water partition coefficient (Wildman–Crippen LogP) is 3.69. The van der Waals surface area contributed by atoms with Crippen LogP contribution in [0.1, 0.15) is 42.5 Å². The van der Waals surface area contributed by atoms with E-state index in [2.05, 4.69) is 34.9 Å². The first kappa shape index (κ1) is 16.2. The summed E-state index contributed by atoms with van der Waals surface area (Å²) in [5, 5.41) is 0. The van der Waals surface area contributed by atoms with Crippen molar-refractivity contribution in [2.24, 2.45) is 0 Å². The minimum atomic E-state index is 0.396. The van der Waals surface area contributed by atoms with Crippen molar-refractivity contribution in [3.05, 3.63) is 65.8 Å². The molecule has 0 aliphatic rings. The molecule has 0 unspecified atom stereocenters. The van der Waals surface area contributed by atoms with E-state index in [1.165, 1.54) is 0 Å². The number of aryl methyl sites for hydroxylation is 1. The van der Waals surface area contributed by atoms with Crippen molar-refractivity contribution in [3.8, 4) is 11.4 Å². The molecular weight excluding hydrogens is 300 g/mol. The summed E-state index contributed by atoms with van der Waals surface area (Å²) in [6.45, 7) is 6.24. The highest BCUT2D eigenvalue weighted by molar-refractivity contribution is 5.49. The van der Waals surface area contributed by atoms with E-state index in [1.54, 1.807) is 13.4 Å². The highest BCUT2D eigenvalue weighted by Crippen LogP contribution is 2.25. The van der Waals surface area contributed by atoms with Gasteiger partial charge in [-0.15, -0.1) is 0 Å². The lowest BCUT2D eigenvalue weighted by atomic mass is 10.1. The van der Waals surface area contributed by atoms with Crippen LogP contribution in [0.15, 0.2) is 43.0 Å². The molecule has 0 fully saturated rings. The summed E-state index contributed by atoms with van der Waals surface area (Å²) < 4.78 is 7.53. The highest BCUT2D eigenvalue weighted by atomic mass is 16.5. The van der Waals surface area contributed by atoms with Crippen LogP contribution in [0.4, 0.5) is 0 Å². The summed E-state index contributed by atoms with van der Waals surface area (Å²) in [4.78, 5) is 13.3. The summed E-state index contributed by atoms with van der Waals surface area (Å²) in [6.07, 6.45) is 6.28. The van der Waals surface area contributed by atoms with Gasteiger partial charge >= 0.3 is 0 Å². The standard InChI is InChI=1S/C19H22N4O/c1-13(2)16-7-8-20-19(22-16)10-15-5-6-17(18(9-15)24-4)23-11-14(3)21-12-23/h5-9,11-13H,10H2,1-4H3. The molecule has 0 N–H and O–H groups in total. The number of ether oxygens (including phenoxy) is 1. The minimum absolute atomic E-state index is 0.396. The number of imidazole rings is 1. The number of aromatic nitrogens is 4. The van der Waals surface area contributed by atoms with E-state index >= 15 is 0 Å². The first-order valence-electron chi connectivity index (χ1n) is 8.06. The molecule has 2 heterocycles. The van der Waals surface area contributed by atoms with Crippen LogP contribution >= 0.6 is 0 Å². The SMILES string of the molecule is COc1cc(Cc2nccc(C(C)C)n2)ccc1-n1cnc(C)c1. The van der Waals surface area contributed by atoms with Gasteiger partial charge in [-0.25, -0.2) is 15.0 Å². The van der Waals surface area contributed by atoms with Gasteiger partial charge in [0.2, 0.25) is 0 Å². The lowest BCUT2D eigenvalue weighted by Crippen LogP contribution is -2.02. The second kappa shape index (κ2) is 6.83. The molecule has 24 heavy (non-hydrogen) atoms. The van der Waals surface area contributed by atoms with Crippen molar-refractivity contribution in [3.63, 3.8) is 0 Å². The third-order valence-electron chi connectivity index (χ3n) is 3.91. The van der Waals surface area contributed by atoms with Gasteiger partial charge < -0.3 is 9.30 Å². The smallest absolute Gasteiger partial charge is 0.143 e. The van der Waals surface area contributed by atoms with Crippen LogP contribution in [-0.2, 0) is 6.42 Å². The molecule has 124 valence electrons. The molecule has 0 saturated carbocycles. The normalized spacial score (nSPS) is 11.0. The first-order chi connectivity index (χ1) is 11.6. The van der Waals surface area contributed by atoms with Crippen LogP contribution in [0.25, 0.3) is 5.69 Å². The Morgan fingerprint density at radius 2 is 2.00 bits per heavy atom. The van der Waals surface area contributed by atoms with Gasteiger partial charge in [0.25, 0.3) is 0 Å². The van der Waals surface area contributed by atoms with Crippen molar-refractivity contribution < 1.29 is 4.74 Å². The molecule has 5 heteroatoms. The van der Waals surface area contributed by atoms with E-state index in [0.29, 0.717) is 12.3 Å². The van der Waals surface area contributed by atoms with Crippen LogP contribution in [-0.4, -0.2) is 26.6 Å². The third kappa shape index (κ3) is 3.45. The maximum atomic E-state index is 5.56. The van der Waals surface area contributed by atoms with E-state index in [4.69, 9.17) is 4.74 Å². The topological polar surface area (TPSA) is 52.8 Å². The van der Waals surface area contributed by atoms with Gasteiger partial charge in [0.05, 0.1) is 24.8 Å². The van der Waals surface area contributed by atoms with Gasteiger partial charge in [-0.2, -0.15) is 0 Å². The molecule has 0 radical (unpaired) electrons. The molecule has 0 aliphatic carbocycles. The van der Waals surface area contributed by atoms with Crippen LogP contribution in [0.5, 0.6) is 5.75 Å². The average Bonchev–Trinajstić information content (AvgIpc) is 3.01. The molecule has 0 aliphatic heterocycles. The fraction of sp³-hybridized carbons (Fsp3) is 0.316. The monoisotopic (exact) mass is 322 g/mol. The Balaban J connectivity index is 1.88. The van der Waals surface area contributed by atoms with E-state index < -0.39 is 0 Å². The van der Waals surface area contributed by atoms with E-state index in [-0.39, 0.29) is 0 Å². The predicted molar refractivity (Wildman–Crippen MR) is 93.8 cm³/mol.